The Morgan fingerprint density at radius 3 is 2.36 bits per heavy atom. The fourth-order valence-electron chi connectivity index (χ4n) is 3.37. The summed E-state index contributed by atoms with van der Waals surface area (Å²) < 4.78 is 1.61. The van der Waals surface area contributed by atoms with Gasteiger partial charge in [-0.15, -0.1) is 0 Å². The largest absolute Gasteiger partial charge is 0.493 e. The molecule has 0 atom stereocenters. The Balaban J connectivity index is 1.72. The van der Waals surface area contributed by atoms with Crippen molar-refractivity contribution in [1.82, 2.24) is 4.57 Å². The highest BCUT2D eigenvalue weighted by atomic mass is 35.5. The normalized spacial score (nSPS) is 14.3. The third-order valence-corrected chi connectivity index (χ3v) is 7.41. The van der Waals surface area contributed by atoms with E-state index in [-0.39, 0.29) is 5.88 Å². The summed E-state index contributed by atoms with van der Waals surface area (Å²) >= 11 is 25.9. The van der Waals surface area contributed by atoms with Crippen LogP contribution in [0.2, 0.25) is 20.1 Å². The summed E-state index contributed by atoms with van der Waals surface area (Å²) in [5, 5.41) is 12.8. The molecular formula is C24H13Cl4N3OS. The molecule has 5 rings (SSSR count). The summed E-state index contributed by atoms with van der Waals surface area (Å²) in [4.78, 5) is 10.3. The molecule has 4 nitrogen and oxygen atoms in total. The predicted molar refractivity (Wildman–Crippen MR) is 139 cm³/mol. The maximum Gasteiger partial charge on any atom is 0.215 e. The van der Waals surface area contributed by atoms with Crippen LogP contribution in [0.1, 0.15) is 10.4 Å². The zero-order valence-electron chi connectivity index (χ0n) is 16.6. The first-order chi connectivity index (χ1) is 15.9. The molecule has 1 aromatic heterocycles. The second-order valence-electron chi connectivity index (χ2n) is 7.09. The van der Waals surface area contributed by atoms with E-state index < -0.39 is 0 Å². The zero-order chi connectivity index (χ0) is 23.1. The van der Waals surface area contributed by atoms with Crippen LogP contribution < -0.4 is 4.80 Å². The third kappa shape index (κ3) is 4.35. The summed E-state index contributed by atoms with van der Waals surface area (Å²) in [5.41, 5.74) is 3.98. The molecule has 0 aliphatic carbocycles. The Morgan fingerprint density at radius 1 is 0.879 bits per heavy atom. The standard InChI is InChI=1S/C24H13Cl4N3OS/c25-17-7-5-14(10-19(17)27)30-24-31(15-6-8-18(26)20(28)11-15)23(32)22(33-24)9-13-12-29-21-4-2-1-3-16(13)21/h1-12,32H/b13-9+,30-24?. The SMILES string of the molecule is Oc1c(/C=C2\C=Nc3ccccc32)sc(=Nc2ccc(Cl)c(Cl)c2)n1-c1ccc(Cl)c(Cl)c1. The Bertz CT molecular complexity index is 1540. The number of aromatic hydroxyl groups is 1. The van der Waals surface area contributed by atoms with Crippen LogP contribution in [-0.2, 0) is 0 Å². The van der Waals surface area contributed by atoms with Crippen molar-refractivity contribution in [2.75, 3.05) is 0 Å². The molecule has 0 saturated heterocycles. The number of fused-ring (bicyclic) bond motifs is 1. The summed E-state index contributed by atoms with van der Waals surface area (Å²) in [6.45, 7) is 0. The van der Waals surface area contributed by atoms with Gasteiger partial charge in [-0.05, 0) is 48.5 Å². The molecule has 0 spiro atoms. The molecule has 0 saturated carbocycles. The van der Waals surface area contributed by atoms with Gasteiger partial charge in [0.1, 0.15) is 0 Å². The van der Waals surface area contributed by atoms with Gasteiger partial charge in [-0.2, -0.15) is 0 Å². The van der Waals surface area contributed by atoms with Gasteiger partial charge < -0.3 is 5.11 Å². The molecule has 0 unspecified atom stereocenters. The number of thiazole rings is 1. The molecule has 9 heteroatoms. The van der Waals surface area contributed by atoms with E-state index in [2.05, 4.69) is 4.99 Å². The van der Waals surface area contributed by atoms with Crippen molar-refractivity contribution in [1.29, 1.82) is 0 Å². The second-order valence-corrected chi connectivity index (χ2v) is 9.73. The topological polar surface area (TPSA) is 49.9 Å². The average Bonchev–Trinajstić information content (AvgIpc) is 3.34. The minimum Gasteiger partial charge on any atom is -0.493 e. The third-order valence-electron chi connectivity index (χ3n) is 4.96. The Morgan fingerprint density at radius 2 is 1.61 bits per heavy atom. The Kier molecular flexibility index (Phi) is 6.08. The zero-order valence-corrected chi connectivity index (χ0v) is 20.5. The van der Waals surface area contributed by atoms with Crippen molar-refractivity contribution in [3.8, 4) is 11.6 Å². The van der Waals surface area contributed by atoms with E-state index >= 15 is 0 Å². The van der Waals surface area contributed by atoms with Crippen molar-refractivity contribution < 1.29 is 5.11 Å². The summed E-state index contributed by atoms with van der Waals surface area (Å²) in [5.74, 6) is 0.0162. The van der Waals surface area contributed by atoms with Gasteiger partial charge in [0.2, 0.25) is 5.88 Å². The van der Waals surface area contributed by atoms with E-state index in [4.69, 9.17) is 51.4 Å². The van der Waals surface area contributed by atoms with Crippen LogP contribution in [0.4, 0.5) is 11.4 Å². The highest BCUT2D eigenvalue weighted by Gasteiger charge is 2.17. The van der Waals surface area contributed by atoms with Gasteiger partial charge in [-0.1, -0.05) is 75.9 Å². The lowest BCUT2D eigenvalue weighted by Gasteiger charge is -2.07. The quantitative estimate of drug-likeness (QED) is 0.283. The fourth-order valence-corrected chi connectivity index (χ4v) is 4.96. The molecule has 33 heavy (non-hydrogen) atoms. The molecule has 1 aliphatic rings. The van der Waals surface area contributed by atoms with Crippen molar-refractivity contribution >= 4 is 87.0 Å². The smallest absolute Gasteiger partial charge is 0.215 e. The van der Waals surface area contributed by atoms with Crippen LogP contribution >= 0.6 is 57.7 Å². The molecule has 1 N–H and O–H groups in total. The minimum atomic E-state index is 0.0162. The fraction of sp³-hybridized carbons (Fsp3) is 0. The highest BCUT2D eigenvalue weighted by Crippen LogP contribution is 2.36. The lowest BCUT2D eigenvalue weighted by atomic mass is 10.1. The highest BCUT2D eigenvalue weighted by molar-refractivity contribution is 7.10. The van der Waals surface area contributed by atoms with E-state index in [1.807, 2.05) is 30.3 Å². The van der Waals surface area contributed by atoms with Crippen molar-refractivity contribution in [2.24, 2.45) is 9.98 Å². The Labute approximate surface area is 213 Å². The maximum atomic E-state index is 11.2. The van der Waals surface area contributed by atoms with Crippen LogP contribution in [0.25, 0.3) is 17.3 Å². The van der Waals surface area contributed by atoms with Crippen LogP contribution in [-0.4, -0.2) is 15.9 Å². The van der Waals surface area contributed by atoms with Crippen LogP contribution in [0, 0.1) is 0 Å². The van der Waals surface area contributed by atoms with Crippen molar-refractivity contribution in [3.05, 3.63) is 96.0 Å². The van der Waals surface area contributed by atoms with Gasteiger partial charge in [0.05, 0.1) is 42.0 Å². The van der Waals surface area contributed by atoms with Crippen molar-refractivity contribution in [2.45, 2.75) is 0 Å². The molecule has 0 fully saturated rings. The van der Waals surface area contributed by atoms with E-state index in [1.54, 1.807) is 47.2 Å². The van der Waals surface area contributed by atoms with Gasteiger partial charge in [0.25, 0.3) is 0 Å². The molecule has 0 amide bonds. The minimum absolute atomic E-state index is 0.0162. The molecule has 1 aliphatic heterocycles. The summed E-state index contributed by atoms with van der Waals surface area (Å²) in [6.07, 6.45) is 3.67. The van der Waals surface area contributed by atoms with Crippen molar-refractivity contribution in [3.63, 3.8) is 0 Å². The lowest BCUT2D eigenvalue weighted by Crippen LogP contribution is -2.11. The molecule has 0 bridgehead atoms. The monoisotopic (exact) mass is 531 g/mol. The van der Waals surface area contributed by atoms with Gasteiger partial charge in [0, 0.05) is 17.4 Å². The first kappa shape index (κ1) is 22.3. The summed E-state index contributed by atoms with van der Waals surface area (Å²) in [7, 11) is 0. The van der Waals surface area contributed by atoms with Gasteiger partial charge in [-0.25, -0.2) is 4.99 Å². The van der Waals surface area contributed by atoms with Crippen LogP contribution in [0.15, 0.2) is 70.6 Å². The first-order valence-corrected chi connectivity index (χ1v) is 12.0. The maximum absolute atomic E-state index is 11.2. The predicted octanol–water partition coefficient (Wildman–Crippen LogP) is 8.35. The van der Waals surface area contributed by atoms with Gasteiger partial charge >= 0.3 is 0 Å². The number of aliphatic imine (C=N–C) groups is 1. The van der Waals surface area contributed by atoms with E-state index in [1.165, 1.54) is 11.3 Å². The lowest BCUT2D eigenvalue weighted by molar-refractivity contribution is 0.439. The van der Waals surface area contributed by atoms with Crippen LogP contribution in [0.3, 0.4) is 0 Å². The van der Waals surface area contributed by atoms with E-state index in [9.17, 15) is 5.11 Å². The average molecular weight is 533 g/mol. The van der Waals surface area contributed by atoms with Gasteiger partial charge in [0.15, 0.2) is 4.80 Å². The second kappa shape index (κ2) is 9.01. The Hall–Kier alpha value is -2.54. The number of rotatable bonds is 3. The van der Waals surface area contributed by atoms with Gasteiger partial charge in [-0.3, -0.25) is 9.56 Å². The van der Waals surface area contributed by atoms with E-state index in [0.29, 0.717) is 41.1 Å². The molecular weight excluding hydrogens is 520 g/mol. The number of aromatic nitrogens is 1. The first-order valence-electron chi connectivity index (χ1n) is 9.66. The molecule has 164 valence electrons. The number of benzene rings is 3. The number of allylic oxidation sites excluding steroid dienone is 1. The number of nitrogens with zero attached hydrogens (tertiary/aromatic N) is 3. The molecule has 0 radical (unpaired) electrons. The number of para-hydroxylation sites is 1. The number of hydrogen-bond acceptors (Lipinski definition) is 4. The number of hydrogen-bond donors (Lipinski definition) is 1. The summed E-state index contributed by atoms with van der Waals surface area (Å²) in [6, 6.07) is 18.0. The molecule has 2 heterocycles. The van der Waals surface area contributed by atoms with Crippen LogP contribution in [0.5, 0.6) is 5.88 Å². The molecule has 4 aromatic rings. The number of halogens is 4. The molecule has 3 aromatic carbocycles. The van der Waals surface area contributed by atoms with E-state index in [0.717, 1.165) is 16.8 Å².